The first kappa shape index (κ1) is 19.4. The highest BCUT2D eigenvalue weighted by molar-refractivity contribution is 9.10. The lowest BCUT2D eigenvalue weighted by molar-refractivity contribution is 0.0753. The second-order valence-corrected chi connectivity index (χ2v) is 9.44. The third-order valence-corrected chi connectivity index (χ3v) is 7.45. The second kappa shape index (κ2) is 9.55. The van der Waals surface area contributed by atoms with Crippen molar-refractivity contribution < 1.29 is 4.74 Å². The van der Waals surface area contributed by atoms with E-state index >= 15 is 0 Å². The zero-order valence-corrected chi connectivity index (χ0v) is 18.3. The van der Waals surface area contributed by atoms with E-state index in [9.17, 15) is 0 Å². The summed E-state index contributed by atoms with van der Waals surface area (Å²) in [6.07, 6.45) is 5.19. The highest BCUT2D eigenvalue weighted by Gasteiger charge is 2.23. The zero-order valence-electron chi connectivity index (χ0n) is 15.9. The molecule has 2 fully saturated rings. The molecule has 2 aliphatic heterocycles. The summed E-state index contributed by atoms with van der Waals surface area (Å²) < 4.78 is 7.18. The van der Waals surface area contributed by atoms with Gasteiger partial charge in [0.1, 0.15) is 0 Å². The predicted octanol–water partition coefficient (Wildman–Crippen LogP) is 5.51. The maximum absolute atomic E-state index is 6.01. The van der Waals surface area contributed by atoms with Gasteiger partial charge in [-0.2, -0.15) is 0 Å². The number of piperidine rings is 1. The van der Waals surface area contributed by atoms with E-state index in [-0.39, 0.29) is 0 Å². The summed E-state index contributed by atoms with van der Waals surface area (Å²) in [4.78, 5) is 6.47. The molecular formula is C22H29BrN2OS. The predicted molar refractivity (Wildman–Crippen MR) is 119 cm³/mol. The first-order valence-electron chi connectivity index (χ1n) is 10.2. The van der Waals surface area contributed by atoms with Gasteiger partial charge in [-0.1, -0.05) is 34.1 Å². The lowest BCUT2D eigenvalue weighted by Gasteiger charge is -2.33. The summed E-state index contributed by atoms with van der Waals surface area (Å²) in [6, 6.07) is 10.8. The van der Waals surface area contributed by atoms with Crippen molar-refractivity contribution in [1.29, 1.82) is 0 Å². The number of rotatable bonds is 7. The molecule has 0 unspecified atom stereocenters. The van der Waals surface area contributed by atoms with Crippen molar-refractivity contribution in [2.24, 2.45) is 5.92 Å². The molecule has 0 bridgehead atoms. The Kier molecular flexibility index (Phi) is 6.87. The van der Waals surface area contributed by atoms with Crippen molar-refractivity contribution in [2.75, 3.05) is 50.8 Å². The van der Waals surface area contributed by atoms with Crippen LogP contribution in [0.15, 0.2) is 40.2 Å². The molecule has 4 rings (SSSR count). The minimum atomic E-state index is 0.713. The van der Waals surface area contributed by atoms with Crippen LogP contribution in [0.3, 0.4) is 0 Å². The number of thiophene rings is 1. The fourth-order valence-electron chi connectivity index (χ4n) is 4.19. The van der Waals surface area contributed by atoms with Gasteiger partial charge in [-0.25, -0.2) is 0 Å². The number of benzene rings is 1. The molecule has 2 aromatic rings. The SMILES string of the molecule is Brc1ccccc1-c1sccc1N1CCC(COCCN2CCCC2)CC1. The topological polar surface area (TPSA) is 15.7 Å². The average Bonchev–Trinajstić information content (AvgIpc) is 3.38. The Balaban J connectivity index is 1.26. The minimum absolute atomic E-state index is 0.713. The third-order valence-electron chi connectivity index (χ3n) is 5.82. The maximum atomic E-state index is 6.01. The smallest absolute Gasteiger partial charge is 0.0593 e. The first-order chi connectivity index (χ1) is 13.3. The van der Waals surface area contributed by atoms with Crippen molar-refractivity contribution >= 4 is 33.0 Å². The van der Waals surface area contributed by atoms with Crippen LogP contribution in [-0.4, -0.2) is 50.8 Å². The molecule has 2 saturated heterocycles. The number of hydrogen-bond donors (Lipinski definition) is 0. The van der Waals surface area contributed by atoms with Crippen LogP contribution in [0.1, 0.15) is 25.7 Å². The highest BCUT2D eigenvalue weighted by Crippen LogP contribution is 2.40. The zero-order chi connectivity index (χ0) is 18.5. The number of halogens is 1. The molecule has 0 saturated carbocycles. The normalized spacial score (nSPS) is 19.1. The average molecular weight is 449 g/mol. The van der Waals surface area contributed by atoms with Crippen molar-refractivity contribution in [3.05, 3.63) is 40.2 Å². The second-order valence-electron chi connectivity index (χ2n) is 7.67. The quantitative estimate of drug-likeness (QED) is 0.519. The molecule has 0 amide bonds. The molecule has 0 radical (unpaired) electrons. The van der Waals surface area contributed by atoms with E-state index < -0.39 is 0 Å². The summed E-state index contributed by atoms with van der Waals surface area (Å²) in [5.74, 6) is 0.713. The van der Waals surface area contributed by atoms with Gasteiger partial charge in [0, 0.05) is 36.3 Å². The Morgan fingerprint density at radius 3 is 2.59 bits per heavy atom. The largest absolute Gasteiger partial charge is 0.380 e. The molecule has 3 heterocycles. The number of hydrogen-bond acceptors (Lipinski definition) is 4. The molecule has 3 nitrogen and oxygen atoms in total. The summed E-state index contributed by atoms with van der Waals surface area (Å²) in [5, 5.41) is 2.22. The van der Waals surface area contributed by atoms with E-state index in [1.54, 1.807) is 0 Å². The van der Waals surface area contributed by atoms with Gasteiger partial charge in [-0.15, -0.1) is 11.3 Å². The van der Waals surface area contributed by atoms with Crippen LogP contribution in [0, 0.1) is 5.92 Å². The van der Waals surface area contributed by atoms with Crippen LogP contribution in [0.4, 0.5) is 5.69 Å². The number of anilines is 1. The van der Waals surface area contributed by atoms with Crippen LogP contribution in [-0.2, 0) is 4.74 Å². The van der Waals surface area contributed by atoms with Crippen LogP contribution < -0.4 is 4.90 Å². The first-order valence-corrected chi connectivity index (χ1v) is 11.9. The van der Waals surface area contributed by atoms with Crippen LogP contribution in [0.2, 0.25) is 0 Å². The van der Waals surface area contributed by atoms with Crippen LogP contribution in [0.5, 0.6) is 0 Å². The van der Waals surface area contributed by atoms with Crippen LogP contribution >= 0.6 is 27.3 Å². The van der Waals surface area contributed by atoms with Gasteiger partial charge in [0.2, 0.25) is 0 Å². The van der Waals surface area contributed by atoms with E-state index in [1.807, 2.05) is 11.3 Å². The molecule has 0 spiro atoms. The maximum Gasteiger partial charge on any atom is 0.0593 e. The van der Waals surface area contributed by atoms with Crippen molar-refractivity contribution in [1.82, 2.24) is 4.90 Å². The van der Waals surface area contributed by atoms with Gasteiger partial charge >= 0.3 is 0 Å². The van der Waals surface area contributed by atoms with Gasteiger partial charge in [-0.05, 0) is 62.2 Å². The Labute approximate surface area is 175 Å². The number of nitrogens with zero attached hydrogens (tertiary/aromatic N) is 2. The fraction of sp³-hybridized carbons (Fsp3) is 0.545. The Bertz CT molecular complexity index is 721. The van der Waals surface area contributed by atoms with Crippen molar-refractivity contribution in [3.8, 4) is 10.4 Å². The summed E-state index contributed by atoms with van der Waals surface area (Å²) in [5.41, 5.74) is 2.69. The molecule has 146 valence electrons. The van der Waals surface area contributed by atoms with E-state index in [4.69, 9.17) is 4.74 Å². The summed E-state index contributed by atoms with van der Waals surface area (Å²) in [7, 11) is 0. The summed E-state index contributed by atoms with van der Waals surface area (Å²) >= 11 is 5.55. The molecule has 27 heavy (non-hydrogen) atoms. The molecule has 0 N–H and O–H groups in total. The summed E-state index contributed by atoms with van der Waals surface area (Å²) in [6.45, 7) is 7.75. The van der Waals surface area contributed by atoms with E-state index in [0.717, 1.165) is 32.8 Å². The third kappa shape index (κ3) is 4.94. The fourth-order valence-corrected chi connectivity index (χ4v) is 5.76. The van der Waals surface area contributed by atoms with Gasteiger partial charge < -0.3 is 14.5 Å². The van der Waals surface area contributed by atoms with Crippen molar-refractivity contribution in [2.45, 2.75) is 25.7 Å². The molecule has 1 aromatic heterocycles. The number of likely N-dealkylation sites (tertiary alicyclic amines) is 1. The Morgan fingerprint density at radius 1 is 1.04 bits per heavy atom. The Hall–Kier alpha value is -0.880. The molecule has 5 heteroatoms. The molecule has 2 aliphatic rings. The molecule has 0 atom stereocenters. The van der Waals surface area contributed by atoms with Crippen LogP contribution in [0.25, 0.3) is 10.4 Å². The Morgan fingerprint density at radius 2 is 1.81 bits per heavy atom. The van der Waals surface area contributed by atoms with E-state index in [2.05, 4.69) is 61.4 Å². The lowest BCUT2D eigenvalue weighted by Crippen LogP contribution is -2.35. The minimum Gasteiger partial charge on any atom is -0.380 e. The number of ether oxygens (including phenoxy) is 1. The van der Waals surface area contributed by atoms with Crippen molar-refractivity contribution in [3.63, 3.8) is 0 Å². The molecular weight excluding hydrogens is 420 g/mol. The lowest BCUT2D eigenvalue weighted by atomic mass is 9.97. The molecule has 1 aromatic carbocycles. The standard InChI is InChI=1S/C22H29BrN2OS/c23-20-6-2-1-5-19(20)22-21(9-16-27-22)25-12-7-18(8-13-25)17-26-15-14-24-10-3-4-11-24/h1-2,5-6,9,16,18H,3-4,7-8,10-15,17H2. The van der Waals surface area contributed by atoms with E-state index in [1.165, 1.54) is 59.4 Å². The van der Waals surface area contributed by atoms with Gasteiger partial charge in [0.15, 0.2) is 0 Å². The highest BCUT2D eigenvalue weighted by atomic mass is 79.9. The van der Waals surface area contributed by atoms with Gasteiger partial charge in [0.05, 0.1) is 17.2 Å². The molecule has 0 aliphatic carbocycles. The van der Waals surface area contributed by atoms with Gasteiger partial charge in [0.25, 0.3) is 0 Å². The monoisotopic (exact) mass is 448 g/mol. The van der Waals surface area contributed by atoms with Gasteiger partial charge in [-0.3, -0.25) is 0 Å². The van der Waals surface area contributed by atoms with E-state index in [0.29, 0.717) is 5.92 Å².